The third kappa shape index (κ3) is 2.46. The molecule has 0 saturated carbocycles. The highest BCUT2D eigenvalue weighted by molar-refractivity contribution is 7.71. The van der Waals surface area contributed by atoms with Crippen molar-refractivity contribution >= 4 is 18.1 Å². The van der Waals surface area contributed by atoms with Crippen molar-refractivity contribution < 1.29 is 9.90 Å². The van der Waals surface area contributed by atoms with Gasteiger partial charge in [0.1, 0.15) is 12.6 Å². The number of aliphatic hydroxyl groups is 1. The molecular weight excluding hydrogens is 252 g/mol. The minimum atomic E-state index is -0.420. The lowest BCUT2D eigenvalue weighted by Gasteiger charge is -2.29. The number of aromatic nitrogens is 3. The fourth-order valence-electron chi connectivity index (χ4n) is 2.34. The van der Waals surface area contributed by atoms with Crippen molar-refractivity contribution in [2.45, 2.75) is 38.8 Å². The van der Waals surface area contributed by atoms with Gasteiger partial charge in [0.15, 0.2) is 10.6 Å². The molecule has 0 radical (unpaired) electrons. The first-order valence-corrected chi connectivity index (χ1v) is 6.61. The van der Waals surface area contributed by atoms with Crippen molar-refractivity contribution in [3.05, 3.63) is 10.6 Å². The summed E-state index contributed by atoms with van der Waals surface area (Å²) in [5.41, 5.74) is 0. The Morgan fingerprint density at radius 3 is 2.78 bits per heavy atom. The molecule has 1 fully saturated rings. The number of carbonyl (C=O) groups is 1. The van der Waals surface area contributed by atoms with Gasteiger partial charge >= 0.3 is 0 Å². The molecule has 6 nitrogen and oxygen atoms in total. The lowest BCUT2D eigenvalue weighted by Crippen LogP contribution is -2.40. The largest absolute Gasteiger partial charge is 0.388 e. The Kier molecular flexibility index (Phi) is 4.13. The molecule has 1 amide bonds. The van der Waals surface area contributed by atoms with Gasteiger partial charge in [-0.15, -0.1) is 0 Å². The van der Waals surface area contributed by atoms with Crippen LogP contribution in [-0.2, 0) is 11.4 Å². The quantitative estimate of drug-likeness (QED) is 0.804. The van der Waals surface area contributed by atoms with Crippen molar-refractivity contribution in [2.75, 3.05) is 13.1 Å². The Morgan fingerprint density at radius 2 is 2.17 bits per heavy atom. The van der Waals surface area contributed by atoms with Crippen molar-refractivity contribution in [2.24, 2.45) is 0 Å². The first-order valence-electron chi connectivity index (χ1n) is 6.20. The average molecular weight is 270 g/mol. The first kappa shape index (κ1) is 13.2. The molecule has 1 aliphatic heterocycles. The molecule has 0 bridgehead atoms. The maximum atomic E-state index is 12.4. The third-order valence-corrected chi connectivity index (χ3v) is 3.62. The molecule has 1 aliphatic rings. The minimum Gasteiger partial charge on any atom is -0.388 e. The zero-order valence-electron chi connectivity index (χ0n) is 10.4. The maximum Gasteiger partial charge on any atom is 0.245 e. The SMILES string of the molecule is CC(C(=O)N1CCCCC1)n1c(CO)n[nH]c1=S. The summed E-state index contributed by atoms with van der Waals surface area (Å²) in [5.74, 6) is 0.444. The second-order valence-electron chi connectivity index (χ2n) is 4.54. The Morgan fingerprint density at radius 1 is 1.50 bits per heavy atom. The molecule has 18 heavy (non-hydrogen) atoms. The number of nitrogens with zero attached hydrogens (tertiary/aromatic N) is 3. The molecule has 0 spiro atoms. The third-order valence-electron chi connectivity index (χ3n) is 3.33. The Labute approximate surface area is 111 Å². The van der Waals surface area contributed by atoms with E-state index in [-0.39, 0.29) is 12.5 Å². The topological polar surface area (TPSA) is 74.2 Å². The van der Waals surface area contributed by atoms with E-state index in [0.717, 1.165) is 25.9 Å². The molecular formula is C11H18N4O2S. The number of aromatic amines is 1. The highest BCUT2D eigenvalue weighted by Gasteiger charge is 2.25. The van der Waals surface area contributed by atoms with E-state index in [1.807, 2.05) is 4.90 Å². The molecule has 1 saturated heterocycles. The number of H-pyrrole nitrogens is 1. The van der Waals surface area contributed by atoms with Gasteiger partial charge in [0.25, 0.3) is 0 Å². The van der Waals surface area contributed by atoms with E-state index in [1.54, 1.807) is 11.5 Å². The Balaban J connectivity index is 2.19. The fourth-order valence-corrected chi connectivity index (χ4v) is 2.65. The molecule has 1 aromatic heterocycles. The number of nitrogens with one attached hydrogen (secondary N) is 1. The summed E-state index contributed by atoms with van der Waals surface area (Å²) in [6.45, 7) is 3.18. The fraction of sp³-hybridized carbons (Fsp3) is 0.727. The van der Waals surface area contributed by atoms with Crippen LogP contribution in [0.2, 0.25) is 0 Å². The van der Waals surface area contributed by atoms with Crippen LogP contribution in [0.1, 0.15) is 38.1 Å². The highest BCUT2D eigenvalue weighted by atomic mass is 32.1. The maximum absolute atomic E-state index is 12.4. The lowest BCUT2D eigenvalue weighted by molar-refractivity contribution is -0.135. The van der Waals surface area contributed by atoms with Crippen molar-refractivity contribution in [1.29, 1.82) is 0 Å². The van der Waals surface area contributed by atoms with E-state index in [9.17, 15) is 9.90 Å². The van der Waals surface area contributed by atoms with Crippen molar-refractivity contribution in [1.82, 2.24) is 19.7 Å². The summed E-state index contributed by atoms with van der Waals surface area (Å²) in [4.78, 5) is 14.2. The standard InChI is InChI=1S/C11H18N4O2S/c1-8(10(17)14-5-3-2-4-6-14)15-9(7-16)12-13-11(15)18/h8,16H,2-7H2,1H3,(H,13,18). The number of carbonyl (C=O) groups excluding carboxylic acids is 1. The molecule has 2 heterocycles. The van der Waals surface area contributed by atoms with Crippen LogP contribution in [-0.4, -0.2) is 43.8 Å². The second kappa shape index (κ2) is 5.62. The van der Waals surface area contributed by atoms with Gasteiger partial charge in [0.2, 0.25) is 5.91 Å². The summed E-state index contributed by atoms with van der Waals surface area (Å²) in [6, 6.07) is -0.420. The van der Waals surface area contributed by atoms with Gasteiger partial charge in [-0.25, -0.2) is 0 Å². The van der Waals surface area contributed by atoms with Crippen LogP contribution in [0.3, 0.4) is 0 Å². The molecule has 0 aliphatic carbocycles. The molecule has 1 aromatic rings. The van der Waals surface area contributed by atoms with E-state index in [4.69, 9.17) is 12.2 Å². The molecule has 7 heteroatoms. The predicted octanol–water partition coefficient (Wildman–Crippen LogP) is 1.01. The van der Waals surface area contributed by atoms with Crippen LogP contribution >= 0.6 is 12.2 Å². The van der Waals surface area contributed by atoms with Crippen LogP contribution in [0.5, 0.6) is 0 Å². The van der Waals surface area contributed by atoms with Crippen LogP contribution in [0.4, 0.5) is 0 Å². The summed E-state index contributed by atoms with van der Waals surface area (Å²) in [7, 11) is 0. The monoisotopic (exact) mass is 270 g/mol. The Bertz CT molecular complexity index is 476. The molecule has 2 N–H and O–H groups in total. The van der Waals surface area contributed by atoms with E-state index >= 15 is 0 Å². The van der Waals surface area contributed by atoms with Gasteiger partial charge in [-0.3, -0.25) is 14.5 Å². The molecule has 1 unspecified atom stereocenters. The van der Waals surface area contributed by atoms with Gasteiger partial charge < -0.3 is 10.0 Å². The normalized spacial score (nSPS) is 17.8. The molecule has 0 aromatic carbocycles. The van der Waals surface area contributed by atoms with Gasteiger partial charge in [-0.1, -0.05) is 0 Å². The summed E-state index contributed by atoms with van der Waals surface area (Å²) >= 11 is 5.10. The zero-order valence-corrected chi connectivity index (χ0v) is 11.2. The van der Waals surface area contributed by atoms with Crippen molar-refractivity contribution in [3.63, 3.8) is 0 Å². The van der Waals surface area contributed by atoms with Gasteiger partial charge in [-0.05, 0) is 38.4 Å². The predicted molar refractivity (Wildman–Crippen MR) is 68.5 cm³/mol. The summed E-state index contributed by atoms with van der Waals surface area (Å²) in [5, 5.41) is 15.7. The number of amides is 1. The second-order valence-corrected chi connectivity index (χ2v) is 4.92. The first-order chi connectivity index (χ1) is 8.65. The van der Waals surface area contributed by atoms with E-state index in [1.165, 1.54) is 6.42 Å². The minimum absolute atomic E-state index is 0.0434. The smallest absolute Gasteiger partial charge is 0.245 e. The highest BCUT2D eigenvalue weighted by Crippen LogP contribution is 2.17. The lowest BCUT2D eigenvalue weighted by atomic mass is 10.1. The van der Waals surface area contributed by atoms with Crippen LogP contribution in [0, 0.1) is 4.77 Å². The average Bonchev–Trinajstić information content (AvgIpc) is 2.79. The number of rotatable bonds is 3. The van der Waals surface area contributed by atoms with Crippen LogP contribution in [0.15, 0.2) is 0 Å². The summed E-state index contributed by atoms with van der Waals surface area (Å²) in [6.07, 6.45) is 3.30. The number of hydrogen-bond acceptors (Lipinski definition) is 4. The van der Waals surface area contributed by atoms with Gasteiger partial charge in [0, 0.05) is 13.1 Å². The van der Waals surface area contributed by atoms with Gasteiger partial charge in [0.05, 0.1) is 0 Å². The number of piperidine rings is 1. The van der Waals surface area contributed by atoms with Crippen molar-refractivity contribution in [3.8, 4) is 0 Å². The van der Waals surface area contributed by atoms with Gasteiger partial charge in [-0.2, -0.15) is 5.10 Å². The van der Waals surface area contributed by atoms with Crippen LogP contribution < -0.4 is 0 Å². The number of likely N-dealkylation sites (tertiary alicyclic amines) is 1. The molecule has 1 atom stereocenters. The summed E-state index contributed by atoms with van der Waals surface area (Å²) < 4.78 is 1.96. The van der Waals surface area contributed by atoms with Crippen LogP contribution in [0.25, 0.3) is 0 Å². The molecule has 100 valence electrons. The van der Waals surface area contributed by atoms with E-state index in [0.29, 0.717) is 10.6 Å². The Hall–Kier alpha value is -1.21. The van der Waals surface area contributed by atoms with E-state index in [2.05, 4.69) is 10.2 Å². The zero-order chi connectivity index (χ0) is 13.1. The number of hydrogen-bond donors (Lipinski definition) is 2. The van der Waals surface area contributed by atoms with E-state index < -0.39 is 6.04 Å². The number of aliphatic hydroxyl groups excluding tert-OH is 1. The molecule has 2 rings (SSSR count).